The largest absolute Gasteiger partial charge is 0.379 e. The monoisotopic (exact) mass is 515 g/mol. The number of hydrogen-bond donors (Lipinski definition) is 1. The average Bonchev–Trinajstić information content (AvgIpc) is 3.19. The van der Waals surface area contributed by atoms with Crippen LogP contribution in [0.15, 0.2) is 24.8 Å². The molecule has 0 amide bonds. The smallest absolute Gasteiger partial charge is 0.141 e. The first-order valence-electron chi connectivity index (χ1n) is 11.8. The molecule has 0 radical (unpaired) electrons. The first kappa shape index (κ1) is 27.1. The Morgan fingerprint density at radius 2 is 2.03 bits per heavy atom. The van der Waals surface area contributed by atoms with Gasteiger partial charge < -0.3 is 10.2 Å². The van der Waals surface area contributed by atoms with Crippen molar-refractivity contribution in [1.82, 2.24) is 4.90 Å². The van der Waals surface area contributed by atoms with E-state index in [1.807, 2.05) is 6.92 Å². The Labute approximate surface area is 216 Å². The summed E-state index contributed by atoms with van der Waals surface area (Å²) >= 11 is 8.07. The maximum Gasteiger partial charge on any atom is 0.141 e. The van der Waals surface area contributed by atoms with E-state index in [0.29, 0.717) is 43.6 Å². The molecule has 186 valence electrons. The van der Waals surface area contributed by atoms with Crippen LogP contribution in [0.4, 0.5) is 13.8 Å². The molecular weight excluding hydrogens is 484 g/mol. The van der Waals surface area contributed by atoms with Crippen molar-refractivity contribution in [3.05, 3.63) is 58.1 Å². The van der Waals surface area contributed by atoms with E-state index in [9.17, 15) is 9.65 Å². The number of rotatable bonds is 10. The zero-order chi connectivity index (χ0) is 25.9. The van der Waals surface area contributed by atoms with Crippen molar-refractivity contribution >= 4 is 43.6 Å². The molecule has 0 bridgehead atoms. The van der Waals surface area contributed by atoms with Crippen molar-refractivity contribution in [3.8, 4) is 17.2 Å². The summed E-state index contributed by atoms with van der Waals surface area (Å²) in [7, 11) is 3.80. The average molecular weight is 516 g/mol. The lowest BCUT2D eigenvalue weighted by Gasteiger charge is -2.22. The predicted molar refractivity (Wildman–Crippen MR) is 146 cm³/mol. The lowest BCUT2D eigenvalue weighted by atomic mass is 9.89. The number of thiophene rings is 1. The number of nitrogens with one attached hydrogen (secondary N) is 1. The van der Waals surface area contributed by atoms with Crippen molar-refractivity contribution in [3.63, 3.8) is 0 Å². The molecule has 1 N–H and O–H groups in total. The molecule has 1 aromatic heterocycles. The molecule has 3 nitrogen and oxygen atoms in total. The van der Waals surface area contributed by atoms with E-state index in [-0.39, 0.29) is 11.1 Å². The summed E-state index contributed by atoms with van der Waals surface area (Å²) in [6, 6.07) is 6.45. The third-order valence-corrected chi connectivity index (χ3v) is 7.93. The van der Waals surface area contributed by atoms with E-state index in [2.05, 4.69) is 43.8 Å². The molecule has 1 unspecified atom stereocenters. The number of benzene rings is 2. The molecule has 2 aromatic carbocycles. The topological polar surface area (TPSA) is 39.1 Å². The summed E-state index contributed by atoms with van der Waals surface area (Å²) in [5, 5.41) is 14.0. The van der Waals surface area contributed by atoms with Gasteiger partial charge in [0.2, 0.25) is 0 Å². The zero-order valence-corrected chi connectivity index (χ0v) is 22.6. The van der Waals surface area contributed by atoms with E-state index in [0.717, 1.165) is 48.4 Å². The maximum atomic E-state index is 15.6. The van der Waals surface area contributed by atoms with Gasteiger partial charge in [0, 0.05) is 24.5 Å². The van der Waals surface area contributed by atoms with Gasteiger partial charge in [-0.15, -0.1) is 11.3 Å². The van der Waals surface area contributed by atoms with Crippen molar-refractivity contribution in [2.75, 3.05) is 32.5 Å². The lowest BCUT2D eigenvalue weighted by molar-refractivity contribution is 0.279. The van der Waals surface area contributed by atoms with Gasteiger partial charge >= 0.3 is 0 Å². The Hall–Kier alpha value is -2.46. The number of halogens is 3. The van der Waals surface area contributed by atoms with Crippen LogP contribution in [0, 0.1) is 28.9 Å². The summed E-state index contributed by atoms with van der Waals surface area (Å²) in [4.78, 5) is 2.32. The highest BCUT2D eigenvalue weighted by molar-refractivity contribution is 7.23. The van der Waals surface area contributed by atoms with Crippen molar-refractivity contribution < 1.29 is 8.78 Å². The van der Waals surface area contributed by atoms with Gasteiger partial charge in [-0.05, 0) is 74.5 Å². The molecule has 0 fully saturated rings. The number of allylic oxidation sites excluding steroid dienone is 1. The quantitative estimate of drug-likeness (QED) is 0.295. The van der Waals surface area contributed by atoms with Gasteiger partial charge in [0.25, 0.3) is 0 Å². The highest BCUT2D eigenvalue weighted by atomic mass is 35.5. The van der Waals surface area contributed by atoms with Crippen LogP contribution in [0.2, 0.25) is 5.02 Å². The Morgan fingerprint density at radius 1 is 1.31 bits per heavy atom. The Bertz CT molecular complexity index is 1290. The summed E-state index contributed by atoms with van der Waals surface area (Å²) in [6.45, 7) is 12.3. The summed E-state index contributed by atoms with van der Waals surface area (Å²) < 4.78 is 30.6. The van der Waals surface area contributed by atoms with Crippen LogP contribution >= 0.6 is 22.9 Å². The van der Waals surface area contributed by atoms with Crippen LogP contribution in [0.5, 0.6) is 0 Å². The van der Waals surface area contributed by atoms with Gasteiger partial charge in [-0.1, -0.05) is 43.7 Å². The fraction of sp³-hybridized carbons (Fsp3) is 0.393. The first-order valence-corrected chi connectivity index (χ1v) is 13.0. The molecule has 0 saturated heterocycles. The third-order valence-electron chi connectivity index (χ3n) is 6.29. The van der Waals surface area contributed by atoms with Crippen molar-refractivity contribution in [2.45, 2.75) is 40.0 Å². The number of nitriles is 1. The summed E-state index contributed by atoms with van der Waals surface area (Å²) in [5.41, 5.74) is 3.17. The number of fused-ring (bicyclic) bond motifs is 1. The summed E-state index contributed by atoms with van der Waals surface area (Å²) in [6.07, 6.45) is 2.64. The fourth-order valence-corrected chi connectivity index (χ4v) is 6.11. The molecule has 3 rings (SSSR count). The van der Waals surface area contributed by atoms with Gasteiger partial charge in [0.1, 0.15) is 22.7 Å². The van der Waals surface area contributed by atoms with Crippen LogP contribution in [0.1, 0.15) is 50.3 Å². The lowest BCUT2D eigenvalue weighted by Crippen LogP contribution is -2.25. The highest BCUT2D eigenvalue weighted by Gasteiger charge is 2.25. The van der Waals surface area contributed by atoms with Crippen molar-refractivity contribution in [2.24, 2.45) is 5.92 Å². The van der Waals surface area contributed by atoms with Gasteiger partial charge in [-0.3, -0.25) is 0 Å². The SMILES string of the molecule is C=C(C)c1cc(F)c(-c2ccc(F)c3sc(NC)c(C#N)c23)c(Cl)c1CCC(C)CN(C)CCC. The standard InChI is InChI=1S/C28H32ClF2N3S/c1-7-12-34(6)15-17(4)8-9-18-20(16(2)3)13-23(31)25(26(18)29)19-10-11-22(30)27-24(19)21(14-32)28(33-5)35-27/h10-11,13,17,33H,2,7-9,12,15H2,1,3-6H3. The van der Waals surface area contributed by atoms with E-state index >= 15 is 4.39 Å². The van der Waals surface area contributed by atoms with E-state index in [4.69, 9.17) is 11.6 Å². The van der Waals surface area contributed by atoms with Gasteiger partial charge in [0.05, 0.1) is 15.3 Å². The number of hydrogen-bond acceptors (Lipinski definition) is 4. The zero-order valence-electron chi connectivity index (χ0n) is 21.0. The molecule has 0 saturated carbocycles. The summed E-state index contributed by atoms with van der Waals surface area (Å²) in [5.74, 6) is -0.541. The van der Waals surface area contributed by atoms with E-state index in [1.165, 1.54) is 18.2 Å². The number of anilines is 1. The van der Waals surface area contributed by atoms with Crippen LogP contribution in [-0.2, 0) is 6.42 Å². The molecule has 0 aliphatic carbocycles. The minimum absolute atomic E-state index is 0.198. The van der Waals surface area contributed by atoms with Crippen LogP contribution in [0.3, 0.4) is 0 Å². The van der Waals surface area contributed by atoms with Crippen molar-refractivity contribution in [1.29, 1.82) is 5.26 Å². The van der Waals surface area contributed by atoms with Crippen LogP contribution in [0.25, 0.3) is 26.8 Å². The first-order chi connectivity index (χ1) is 16.6. The third kappa shape index (κ3) is 5.53. The molecule has 0 aliphatic rings. The second-order valence-corrected chi connectivity index (χ2v) is 10.6. The normalized spacial score (nSPS) is 12.2. The molecule has 1 heterocycles. The van der Waals surface area contributed by atoms with Gasteiger partial charge in [-0.25, -0.2) is 8.78 Å². The van der Waals surface area contributed by atoms with Gasteiger partial charge in [-0.2, -0.15) is 5.26 Å². The molecule has 3 aromatic rings. The predicted octanol–water partition coefficient (Wildman–Crippen LogP) is 8.36. The Kier molecular flexibility index (Phi) is 8.93. The second-order valence-electron chi connectivity index (χ2n) is 9.23. The van der Waals surface area contributed by atoms with E-state index < -0.39 is 11.6 Å². The Balaban J connectivity index is 2.16. The van der Waals surface area contributed by atoms with Gasteiger partial charge in [0.15, 0.2) is 0 Å². The van der Waals surface area contributed by atoms with Crippen LogP contribution < -0.4 is 5.32 Å². The minimum Gasteiger partial charge on any atom is -0.379 e. The molecule has 7 heteroatoms. The van der Waals surface area contributed by atoms with E-state index in [1.54, 1.807) is 7.05 Å². The van der Waals surface area contributed by atoms with Crippen LogP contribution in [-0.4, -0.2) is 32.1 Å². The molecular formula is C28H32ClF2N3S. The number of nitrogens with zero attached hydrogens (tertiary/aromatic N) is 2. The Morgan fingerprint density at radius 3 is 2.63 bits per heavy atom. The fourth-order valence-electron chi connectivity index (χ4n) is 4.68. The maximum absolute atomic E-state index is 15.6. The second kappa shape index (κ2) is 11.5. The molecule has 0 spiro atoms. The molecule has 35 heavy (non-hydrogen) atoms. The molecule has 0 aliphatic heterocycles. The highest BCUT2D eigenvalue weighted by Crippen LogP contribution is 2.46. The minimum atomic E-state index is -0.513. The molecule has 1 atom stereocenters.